The highest BCUT2D eigenvalue weighted by Gasteiger charge is 2.31. The number of carbonyl (C=O) groups is 3. The van der Waals surface area contributed by atoms with Gasteiger partial charge in [0.15, 0.2) is 5.78 Å². The molecule has 1 unspecified atom stereocenters. The molecule has 6 heterocycles. The number of hydrogen-bond donors (Lipinski definition) is 2. The van der Waals surface area contributed by atoms with Gasteiger partial charge in [0.2, 0.25) is 17.8 Å². The Morgan fingerprint density at radius 3 is 2.22 bits per heavy atom. The van der Waals surface area contributed by atoms with E-state index in [0.717, 1.165) is 93.3 Å². The normalized spacial score (nSPS) is 20.6. The number of nitrogens with one attached hydrogen (secondary N) is 2. The molecule has 0 spiro atoms. The first-order chi connectivity index (χ1) is 26.7. The number of fused-ring (bicyclic) bond motifs is 1. The molecule has 0 bridgehead atoms. The largest absolute Gasteiger partial charge is 0.370 e. The number of pyridine rings is 2. The second-order valence-corrected chi connectivity index (χ2v) is 16.1. The van der Waals surface area contributed by atoms with E-state index in [4.69, 9.17) is 9.97 Å². The maximum atomic E-state index is 13.6. The minimum absolute atomic E-state index is 0.0300. The van der Waals surface area contributed by atoms with Crippen LogP contribution in [0.1, 0.15) is 110 Å². The van der Waals surface area contributed by atoms with Crippen LogP contribution in [0.25, 0.3) is 11.0 Å². The lowest BCUT2D eigenvalue weighted by Crippen LogP contribution is -2.41. The fourth-order valence-corrected chi connectivity index (χ4v) is 9.56. The summed E-state index contributed by atoms with van der Waals surface area (Å²) in [4.78, 5) is 68.9. The van der Waals surface area contributed by atoms with Crippen molar-refractivity contribution < 1.29 is 14.4 Å². The average molecular weight is 745 g/mol. The van der Waals surface area contributed by atoms with Crippen molar-refractivity contribution in [3.63, 3.8) is 0 Å². The highest BCUT2D eigenvalue weighted by atomic mass is 16.2. The Morgan fingerprint density at radius 1 is 0.855 bits per heavy atom. The molecule has 4 aromatic rings. The molecule has 12 nitrogen and oxygen atoms in total. The van der Waals surface area contributed by atoms with Crippen LogP contribution in [0.3, 0.4) is 0 Å². The van der Waals surface area contributed by atoms with E-state index in [2.05, 4.69) is 55.7 Å². The summed E-state index contributed by atoms with van der Waals surface area (Å²) in [5.41, 5.74) is 4.58. The van der Waals surface area contributed by atoms with E-state index >= 15 is 0 Å². The number of amides is 2. The Labute approximate surface area is 322 Å². The number of aromatic nitrogens is 4. The van der Waals surface area contributed by atoms with Gasteiger partial charge in [0.1, 0.15) is 11.5 Å². The number of carbonyl (C=O) groups excluding carboxylic acids is 3. The third-order valence-electron chi connectivity index (χ3n) is 12.8. The van der Waals surface area contributed by atoms with E-state index in [1.807, 2.05) is 12.3 Å². The number of piperidine rings is 3. The summed E-state index contributed by atoms with van der Waals surface area (Å²) in [6.07, 6.45) is 14.4. The van der Waals surface area contributed by atoms with E-state index in [0.29, 0.717) is 35.8 Å². The first-order valence-corrected chi connectivity index (χ1v) is 20.3. The summed E-state index contributed by atoms with van der Waals surface area (Å²) >= 11 is 0. The van der Waals surface area contributed by atoms with E-state index < -0.39 is 0 Å². The van der Waals surface area contributed by atoms with Gasteiger partial charge in [0, 0.05) is 43.7 Å². The summed E-state index contributed by atoms with van der Waals surface area (Å²) < 4.78 is 1.73. The predicted molar refractivity (Wildman–Crippen MR) is 213 cm³/mol. The molecule has 288 valence electrons. The summed E-state index contributed by atoms with van der Waals surface area (Å²) in [7, 11) is 0. The van der Waals surface area contributed by atoms with Gasteiger partial charge in [-0.1, -0.05) is 37.1 Å². The van der Waals surface area contributed by atoms with Crippen molar-refractivity contribution in [2.75, 3.05) is 42.9 Å². The van der Waals surface area contributed by atoms with Crippen molar-refractivity contribution in [3.8, 4) is 0 Å². The molecule has 1 atom stereocenters. The molecule has 4 fully saturated rings. The van der Waals surface area contributed by atoms with Gasteiger partial charge in [0.05, 0.1) is 23.4 Å². The Morgan fingerprint density at radius 2 is 1.56 bits per heavy atom. The molecule has 2 amide bonds. The smallest absolute Gasteiger partial charge is 0.263 e. The van der Waals surface area contributed by atoms with Gasteiger partial charge in [-0.3, -0.25) is 29.1 Å². The minimum atomic E-state index is -0.254. The Bertz CT molecular complexity index is 2110. The van der Waals surface area contributed by atoms with Gasteiger partial charge in [0.25, 0.3) is 5.56 Å². The van der Waals surface area contributed by atoms with Crippen LogP contribution in [0.15, 0.2) is 53.6 Å². The summed E-state index contributed by atoms with van der Waals surface area (Å²) in [5, 5.41) is 6.44. The third-order valence-corrected chi connectivity index (χ3v) is 12.8. The van der Waals surface area contributed by atoms with Gasteiger partial charge < -0.3 is 15.1 Å². The zero-order valence-corrected chi connectivity index (χ0v) is 32.1. The number of rotatable bonds is 10. The van der Waals surface area contributed by atoms with Crippen LogP contribution in [0.4, 0.5) is 17.5 Å². The highest BCUT2D eigenvalue weighted by molar-refractivity contribution is 6.01. The van der Waals surface area contributed by atoms with Crippen LogP contribution in [-0.4, -0.2) is 74.7 Å². The quantitative estimate of drug-likeness (QED) is 0.141. The molecule has 55 heavy (non-hydrogen) atoms. The number of benzene rings is 1. The fourth-order valence-electron chi connectivity index (χ4n) is 9.56. The molecule has 3 saturated heterocycles. The monoisotopic (exact) mass is 744 g/mol. The van der Waals surface area contributed by atoms with E-state index in [1.165, 1.54) is 38.2 Å². The van der Waals surface area contributed by atoms with Crippen molar-refractivity contribution in [2.45, 2.75) is 96.4 Å². The van der Waals surface area contributed by atoms with Crippen LogP contribution in [-0.2, 0) is 16.0 Å². The number of ketones is 1. The van der Waals surface area contributed by atoms with E-state index in [1.54, 1.807) is 17.7 Å². The Hall–Kier alpha value is -4.97. The van der Waals surface area contributed by atoms with Crippen LogP contribution in [0.2, 0.25) is 0 Å². The minimum Gasteiger partial charge on any atom is -0.370 e. The molecule has 12 heteroatoms. The van der Waals surface area contributed by atoms with Gasteiger partial charge in [-0.2, -0.15) is 4.98 Å². The van der Waals surface area contributed by atoms with Gasteiger partial charge in [-0.25, -0.2) is 9.97 Å². The van der Waals surface area contributed by atoms with Crippen molar-refractivity contribution in [1.29, 1.82) is 0 Å². The summed E-state index contributed by atoms with van der Waals surface area (Å²) in [6, 6.07) is 12.5. The highest BCUT2D eigenvalue weighted by Crippen LogP contribution is 2.35. The van der Waals surface area contributed by atoms with E-state index in [-0.39, 0.29) is 40.7 Å². The molecule has 1 aromatic carbocycles. The maximum absolute atomic E-state index is 13.6. The number of imide groups is 1. The zero-order chi connectivity index (χ0) is 38.1. The lowest BCUT2D eigenvalue weighted by molar-refractivity contribution is -0.134. The van der Waals surface area contributed by atoms with Crippen molar-refractivity contribution in [3.05, 3.63) is 81.4 Å². The number of anilines is 3. The van der Waals surface area contributed by atoms with Crippen LogP contribution in [0, 0.1) is 18.8 Å². The molecule has 4 aliphatic rings. The lowest BCUT2D eigenvalue weighted by atomic mass is 9.78. The molecular formula is C43H52N8O4. The predicted octanol–water partition coefficient (Wildman–Crippen LogP) is 6.25. The molecular weight excluding hydrogens is 693 g/mol. The second-order valence-electron chi connectivity index (χ2n) is 16.1. The van der Waals surface area contributed by atoms with Gasteiger partial charge >= 0.3 is 0 Å². The van der Waals surface area contributed by atoms with Crippen LogP contribution >= 0.6 is 0 Å². The Kier molecular flexibility index (Phi) is 10.8. The zero-order valence-electron chi connectivity index (χ0n) is 32.1. The molecule has 8 rings (SSSR count). The standard InChI is InChI=1S/C43H52N8O4/c1-27-36-26-45-43(48-40(36)51(33-5-3-4-6-33)42(55)39(27)28(2)52)46-37-13-11-34(25-44-37)50-23-18-31(19-24-50)30-16-21-49(22-17-30)20-15-29-7-9-32(10-8-29)35-12-14-38(53)47-41(35)54/h7-11,13,25-26,30-31,33,35H,3-6,12,14-24H2,1-2H3,(H,47,53,54)(H,44,45,46,48). The van der Waals surface area contributed by atoms with Gasteiger partial charge in [-0.05, 0) is 119 Å². The average Bonchev–Trinajstić information content (AvgIpc) is 3.73. The molecule has 2 N–H and O–H groups in total. The molecule has 3 aromatic heterocycles. The van der Waals surface area contributed by atoms with Crippen LogP contribution < -0.4 is 21.1 Å². The Balaban J connectivity index is 0.815. The maximum Gasteiger partial charge on any atom is 0.263 e. The summed E-state index contributed by atoms with van der Waals surface area (Å²) in [5.74, 6) is 1.75. The lowest BCUT2D eigenvalue weighted by Gasteiger charge is -2.40. The number of likely N-dealkylation sites (tertiary alicyclic amines) is 1. The van der Waals surface area contributed by atoms with Crippen LogP contribution in [0.5, 0.6) is 0 Å². The third kappa shape index (κ3) is 7.92. The molecule has 3 aliphatic heterocycles. The number of Topliss-reactive ketones (excluding diaryl/α,β-unsaturated/α-hetero) is 1. The van der Waals surface area contributed by atoms with Gasteiger partial charge in [-0.15, -0.1) is 0 Å². The first kappa shape index (κ1) is 37.0. The SMILES string of the molecule is CC(=O)c1c(C)c2cnc(Nc3ccc(N4CCC(C5CCN(CCc6ccc(C7CCC(=O)NC7=O)cc6)CC5)CC4)cn3)nc2n(C2CCCC2)c1=O. The summed E-state index contributed by atoms with van der Waals surface area (Å²) in [6.45, 7) is 8.67. The number of nitrogens with zero attached hydrogens (tertiary/aromatic N) is 6. The molecule has 0 radical (unpaired) electrons. The van der Waals surface area contributed by atoms with Crippen molar-refractivity contribution in [2.24, 2.45) is 11.8 Å². The van der Waals surface area contributed by atoms with Crippen molar-refractivity contribution >= 4 is 46.1 Å². The molecule has 1 aliphatic carbocycles. The molecule has 1 saturated carbocycles. The number of hydrogen-bond acceptors (Lipinski definition) is 10. The second kappa shape index (κ2) is 16.0. The van der Waals surface area contributed by atoms with Crippen molar-refractivity contribution in [1.82, 2.24) is 29.7 Å². The topological polar surface area (TPSA) is 142 Å². The fraction of sp³-hybridized carbons (Fsp3) is 0.512. The first-order valence-electron chi connectivity index (χ1n) is 20.3. The van der Waals surface area contributed by atoms with E-state index in [9.17, 15) is 19.2 Å². The number of aryl methyl sites for hydroxylation is 1.